The molecule has 0 amide bonds. The molecule has 1 aromatic rings. The van der Waals surface area contributed by atoms with Crippen molar-refractivity contribution in [3.8, 4) is 0 Å². The molecule has 21 heavy (non-hydrogen) atoms. The van der Waals surface area contributed by atoms with Gasteiger partial charge in [0, 0.05) is 30.9 Å². The molecule has 0 aliphatic rings. The molecule has 0 atom stereocenters. The summed E-state index contributed by atoms with van der Waals surface area (Å²) in [7, 11) is 0. The van der Waals surface area contributed by atoms with Crippen molar-refractivity contribution >= 4 is 11.8 Å². The maximum atomic E-state index is 4.74. The van der Waals surface area contributed by atoms with E-state index >= 15 is 0 Å². The van der Waals surface area contributed by atoms with Gasteiger partial charge in [-0.05, 0) is 32.1 Å². The molecular formula is C17H32N4. The third-order valence-electron chi connectivity index (χ3n) is 3.61. The number of anilines is 2. The lowest BCUT2D eigenvalue weighted by Gasteiger charge is -2.33. The Balaban J connectivity index is 3.07. The van der Waals surface area contributed by atoms with E-state index < -0.39 is 0 Å². The quantitative estimate of drug-likeness (QED) is 0.738. The Kier molecular flexibility index (Phi) is 7.48. The van der Waals surface area contributed by atoms with Crippen molar-refractivity contribution in [2.45, 2.75) is 66.8 Å². The molecule has 1 N–H and O–H groups in total. The van der Waals surface area contributed by atoms with Gasteiger partial charge in [-0.25, -0.2) is 4.98 Å². The molecule has 1 aromatic heterocycles. The number of aromatic nitrogens is 2. The summed E-state index contributed by atoms with van der Waals surface area (Å²) in [4.78, 5) is 11.7. The average molecular weight is 292 g/mol. The monoisotopic (exact) mass is 292 g/mol. The van der Waals surface area contributed by atoms with Gasteiger partial charge >= 0.3 is 0 Å². The molecule has 1 rings (SSSR count). The predicted molar refractivity (Wildman–Crippen MR) is 92.1 cm³/mol. The third kappa shape index (κ3) is 5.52. The van der Waals surface area contributed by atoms with Gasteiger partial charge in [-0.1, -0.05) is 34.6 Å². The van der Waals surface area contributed by atoms with Gasteiger partial charge in [0.2, 0.25) is 5.95 Å². The number of hydrogen-bond donors (Lipinski definition) is 1. The number of aryl methyl sites for hydroxylation is 1. The van der Waals surface area contributed by atoms with Crippen LogP contribution >= 0.6 is 0 Å². The second-order valence-electron chi connectivity index (χ2n) is 6.13. The van der Waals surface area contributed by atoms with Crippen LogP contribution in [0.2, 0.25) is 0 Å². The standard InChI is InChI=1S/C17H32N4/c1-7-10-18-17-19-14(6)11-16(20-17)21(12-13(4)5)15(8-2)9-3/h11,13,15H,7-10,12H2,1-6H3,(H,18,19,20). The highest BCUT2D eigenvalue weighted by Gasteiger charge is 2.19. The van der Waals surface area contributed by atoms with E-state index in [1.165, 1.54) is 0 Å². The van der Waals surface area contributed by atoms with E-state index in [4.69, 9.17) is 4.98 Å². The lowest BCUT2D eigenvalue weighted by molar-refractivity contribution is 0.503. The fourth-order valence-corrected chi connectivity index (χ4v) is 2.57. The minimum absolute atomic E-state index is 0.542. The Morgan fingerprint density at radius 2 is 1.81 bits per heavy atom. The Morgan fingerprint density at radius 1 is 1.14 bits per heavy atom. The maximum Gasteiger partial charge on any atom is 0.224 e. The molecule has 0 aliphatic heterocycles. The lowest BCUT2D eigenvalue weighted by Crippen LogP contribution is -2.38. The van der Waals surface area contributed by atoms with Crippen LogP contribution in [0.3, 0.4) is 0 Å². The van der Waals surface area contributed by atoms with Gasteiger partial charge in [0.05, 0.1) is 0 Å². The Bertz CT molecular complexity index is 413. The summed E-state index contributed by atoms with van der Waals surface area (Å²) in [5.74, 6) is 2.43. The second-order valence-corrected chi connectivity index (χ2v) is 6.13. The molecule has 0 fully saturated rings. The van der Waals surface area contributed by atoms with Crippen LogP contribution < -0.4 is 10.2 Å². The minimum Gasteiger partial charge on any atom is -0.354 e. The molecule has 0 aromatic carbocycles. The van der Waals surface area contributed by atoms with Crippen LogP contribution in [-0.4, -0.2) is 29.1 Å². The van der Waals surface area contributed by atoms with Gasteiger partial charge in [-0.3, -0.25) is 0 Å². The van der Waals surface area contributed by atoms with Crippen LogP contribution in [-0.2, 0) is 0 Å². The second kappa shape index (κ2) is 8.85. The van der Waals surface area contributed by atoms with Crippen LogP contribution in [0.5, 0.6) is 0 Å². The molecular weight excluding hydrogens is 260 g/mol. The normalized spacial score (nSPS) is 11.2. The minimum atomic E-state index is 0.542. The first-order valence-electron chi connectivity index (χ1n) is 8.37. The number of nitrogens with zero attached hydrogens (tertiary/aromatic N) is 3. The van der Waals surface area contributed by atoms with E-state index in [0.717, 1.165) is 49.8 Å². The lowest BCUT2D eigenvalue weighted by atomic mass is 10.1. The van der Waals surface area contributed by atoms with Crippen molar-refractivity contribution in [2.24, 2.45) is 5.92 Å². The summed E-state index contributed by atoms with van der Waals surface area (Å²) in [5, 5.41) is 3.31. The molecule has 1 heterocycles. The van der Waals surface area contributed by atoms with Gasteiger partial charge in [0.25, 0.3) is 0 Å². The molecule has 4 nitrogen and oxygen atoms in total. The highest BCUT2D eigenvalue weighted by atomic mass is 15.2. The molecule has 0 saturated heterocycles. The van der Waals surface area contributed by atoms with Crippen molar-refractivity contribution in [1.29, 1.82) is 0 Å². The van der Waals surface area contributed by atoms with Crippen molar-refractivity contribution in [1.82, 2.24) is 9.97 Å². The average Bonchev–Trinajstić information content (AvgIpc) is 2.44. The van der Waals surface area contributed by atoms with Crippen molar-refractivity contribution in [3.63, 3.8) is 0 Å². The fraction of sp³-hybridized carbons (Fsp3) is 0.765. The van der Waals surface area contributed by atoms with Crippen LogP contribution in [0.4, 0.5) is 11.8 Å². The zero-order chi connectivity index (χ0) is 15.8. The zero-order valence-corrected chi connectivity index (χ0v) is 14.6. The van der Waals surface area contributed by atoms with E-state index in [1.54, 1.807) is 0 Å². The molecule has 4 heteroatoms. The van der Waals surface area contributed by atoms with E-state index in [-0.39, 0.29) is 0 Å². The van der Waals surface area contributed by atoms with Gasteiger partial charge in [0.15, 0.2) is 0 Å². The molecule has 120 valence electrons. The van der Waals surface area contributed by atoms with Crippen molar-refractivity contribution < 1.29 is 0 Å². The fourth-order valence-electron chi connectivity index (χ4n) is 2.57. The summed E-state index contributed by atoms with van der Waals surface area (Å²) in [6.07, 6.45) is 3.36. The summed E-state index contributed by atoms with van der Waals surface area (Å²) in [5.41, 5.74) is 1.03. The van der Waals surface area contributed by atoms with Crippen LogP contribution in [0.1, 0.15) is 59.6 Å². The molecule has 0 spiro atoms. The first-order valence-corrected chi connectivity index (χ1v) is 8.37. The molecule has 0 radical (unpaired) electrons. The third-order valence-corrected chi connectivity index (χ3v) is 3.61. The van der Waals surface area contributed by atoms with Crippen molar-refractivity contribution in [3.05, 3.63) is 11.8 Å². The topological polar surface area (TPSA) is 41.1 Å². The molecule has 0 aliphatic carbocycles. The van der Waals surface area contributed by atoms with E-state index in [1.807, 2.05) is 6.92 Å². The summed E-state index contributed by atoms with van der Waals surface area (Å²) in [6, 6.07) is 2.65. The summed E-state index contributed by atoms with van der Waals surface area (Å²) >= 11 is 0. The molecule has 0 bridgehead atoms. The summed E-state index contributed by atoms with van der Waals surface area (Å²) in [6.45, 7) is 15.2. The van der Waals surface area contributed by atoms with Gasteiger partial charge in [-0.2, -0.15) is 4.98 Å². The SMILES string of the molecule is CCCNc1nc(C)cc(N(CC(C)C)C(CC)CC)n1. The van der Waals surface area contributed by atoms with Crippen LogP contribution in [0.25, 0.3) is 0 Å². The first-order chi connectivity index (χ1) is 10.0. The van der Waals surface area contributed by atoms with Crippen LogP contribution in [0.15, 0.2) is 6.07 Å². The van der Waals surface area contributed by atoms with Crippen molar-refractivity contribution in [2.75, 3.05) is 23.3 Å². The highest BCUT2D eigenvalue weighted by molar-refractivity contribution is 5.45. The smallest absolute Gasteiger partial charge is 0.224 e. The molecule has 0 unspecified atom stereocenters. The Hall–Kier alpha value is -1.32. The van der Waals surface area contributed by atoms with Crippen LogP contribution in [0, 0.1) is 12.8 Å². The highest BCUT2D eigenvalue weighted by Crippen LogP contribution is 2.22. The van der Waals surface area contributed by atoms with E-state index in [0.29, 0.717) is 12.0 Å². The van der Waals surface area contributed by atoms with E-state index in [9.17, 15) is 0 Å². The zero-order valence-electron chi connectivity index (χ0n) is 14.6. The summed E-state index contributed by atoms with van der Waals surface area (Å²) < 4.78 is 0. The number of hydrogen-bond acceptors (Lipinski definition) is 4. The van der Waals surface area contributed by atoms with E-state index in [2.05, 4.69) is 55.9 Å². The molecule has 0 saturated carbocycles. The Morgan fingerprint density at radius 3 is 2.33 bits per heavy atom. The largest absolute Gasteiger partial charge is 0.354 e. The Labute approximate surface area is 130 Å². The number of rotatable bonds is 9. The first kappa shape index (κ1) is 17.7. The van der Waals surface area contributed by atoms with Gasteiger partial charge < -0.3 is 10.2 Å². The predicted octanol–water partition coefficient (Wildman–Crippen LogP) is 4.26. The maximum absolute atomic E-state index is 4.74. The van der Waals surface area contributed by atoms with Gasteiger partial charge in [-0.15, -0.1) is 0 Å². The van der Waals surface area contributed by atoms with Gasteiger partial charge in [0.1, 0.15) is 5.82 Å². The number of nitrogens with one attached hydrogen (secondary N) is 1.